The highest BCUT2D eigenvalue weighted by Crippen LogP contribution is 2.28. The Morgan fingerprint density at radius 2 is 1.88 bits per heavy atom. The summed E-state index contributed by atoms with van der Waals surface area (Å²) in [6, 6.07) is 1.85. The smallest absolute Gasteiger partial charge is 0.224 e. The summed E-state index contributed by atoms with van der Waals surface area (Å²) in [6.45, 7) is -0.0131. The maximum absolute atomic E-state index is 11.8. The van der Waals surface area contributed by atoms with Crippen LogP contribution in [0.3, 0.4) is 0 Å². The minimum Gasteiger partial charge on any atom is -0.369 e. The molecule has 2 atom stereocenters. The van der Waals surface area contributed by atoms with Crippen molar-refractivity contribution in [2.24, 2.45) is 17.6 Å². The van der Waals surface area contributed by atoms with Crippen LogP contribution in [-0.2, 0) is 9.59 Å². The van der Waals surface area contributed by atoms with Crippen LogP contribution in [0.15, 0.2) is 0 Å². The van der Waals surface area contributed by atoms with Crippen molar-refractivity contribution in [1.82, 2.24) is 5.32 Å². The molecule has 16 heavy (non-hydrogen) atoms. The Bertz CT molecular complexity index is 309. The zero-order chi connectivity index (χ0) is 12.0. The van der Waals surface area contributed by atoms with Crippen LogP contribution in [0.5, 0.6) is 0 Å². The maximum atomic E-state index is 11.8. The van der Waals surface area contributed by atoms with E-state index >= 15 is 0 Å². The van der Waals surface area contributed by atoms with Gasteiger partial charge in [-0.05, 0) is 12.8 Å². The lowest BCUT2D eigenvalue weighted by Crippen LogP contribution is -2.40. The second-order valence-corrected chi connectivity index (χ2v) is 4.13. The van der Waals surface area contributed by atoms with Crippen LogP contribution in [0, 0.1) is 23.2 Å². The van der Waals surface area contributed by atoms with Crippen molar-refractivity contribution >= 4 is 11.8 Å². The lowest BCUT2D eigenvalue weighted by Gasteiger charge is -2.20. The quantitative estimate of drug-likeness (QED) is 0.532. The predicted molar refractivity (Wildman–Crippen MR) is 57.9 cm³/mol. The largest absolute Gasteiger partial charge is 0.369 e. The van der Waals surface area contributed by atoms with E-state index in [2.05, 4.69) is 5.32 Å². The molecule has 0 unspecified atom stereocenters. The van der Waals surface area contributed by atoms with Gasteiger partial charge in [0.1, 0.15) is 6.54 Å². The summed E-state index contributed by atoms with van der Waals surface area (Å²) in [4.78, 5) is 23.0. The molecule has 0 aromatic rings. The number of nitrogens with zero attached hydrogens (tertiary/aromatic N) is 1. The van der Waals surface area contributed by atoms with E-state index < -0.39 is 5.91 Å². The minimum atomic E-state index is -0.404. The lowest BCUT2D eigenvalue weighted by molar-refractivity contribution is -0.133. The first-order valence-corrected chi connectivity index (χ1v) is 5.60. The van der Waals surface area contributed by atoms with E-state index in [-0.39, 0.29) is 24.3 Å². The van der Waals surface area contributed by atoms with Gasteiger partial charge in [-0.2, -0.15) is 5.26 Å². The molecule has 1 rings (SSSR count). The lowest BCUT2D eigenvalue weighted by atomic mass is 9.86. The highest BCUT2D eigenvalue weighted by atomic mass is 16.2. The number of rotatable bonds is 3. The molecule has 0 bridgehead atoms. The van der Waals surface area contributed by atoms with Gasteiger partial charge < -0.3 is 11.1 Å². The fourth-order valence-corrected chi connectivity index (χ4v) is 2.22. The van der Waals surface area contributed by atoms with Gasteiger partial charge in [0, 0.05) is 11.8 Å². The molecule has 0 aromatic carbocycles. The highest BCUT2D eigenvalue weighted by molar-refractivity contribution is 5.87. The summed E-state index contributed by atoms with van der Waals surface area (Å²) in [7, 11) is 0. The Balaban J connectivity index is 2.67. The maximum Gasteiger partial charge on any atom is 0.224 e. The van der Waals surface area contributed by atoms with Gasteiger partial charge in [-0.25, -0.2) is 0 Å². The Labute approximate surface area is 95.0 Å². The van der Waals surface area contributed by atoms with Crippen molar-refractivity contribution in [1.29, 1.82) is 5.26 Å². The Kier molecular flexibility index (Phi) is 4.77. The summed E-state index contributed by atoms with van der Waals surface area (Å²) >= 11 is 0. The average Bonchev–Trinajstić information content (AvgIpc) is 2.50. The molecule has 0 aliphatic heterocycles. The van der Waals surface area contributed by atoms with E-state index in [0.717, 1.165) is 19.3 Å². The second-order valence-electron chi connectivity index (χ2n) is 4.13. The van der Waals surface area contributed by atoms with E-state index in [1.54, 1.807) is 0 Å². The van der Waals surface area contributed by atoms with Gasteiger partial charge in [0.05, 0.1) is 6.07 Å². The number of nitriles is 1. The van der Waals surface area contributed by atoms with Crippen molar-refractivity contribution in [3.63, 3.8) is 0 Å². The normalized spacial score (nSPS) is 25.2. The van der Waals surface area contributed by atoms with Crippen molar-refractivity contribution in [3.05, 3.63) is 0 Å². The van der Waals surface area contributed by atoms with Crippen LogP contribution in [0.4, 0.5) is 0 Å². The minimum absolute atomic E-state index is 0.0131. The van der Waals surface area contributed by atoms with Crippen LogP contribution in [0.25, 0.3) is 0 Å². The molecule has 0 radical (unpaired) electrons. The number of carbonyl (C=O) groups is 2. The summed E-state index contributed by atoms with van der Waals surface area (Å²) in [6.07, 6.45) is 4.28. The van der Waals surface area contributed by atoms with E-state index in [1.807, 2.05) is 6.07 Å². The molecular formula is C11H17N3O2. The summed E-state index contributed by atoms with van der Waals surface area (Å²) in [5.74, 6) is -1.35. The van der Waals surface area contributed by atoms with E-state index in [0.29, 0.717) is 12.8 Å². The molecule has 1 aliphatic rings. The van der Waals surface area contributed by atoms with Gasteiger partial charge in [-0.15, -0.1) is 0 Å². The molecule has 5 heteroatoms. The first kappa shape index (κ1) is 12.5. The number of primary amides is 1. The van der Waals surface area contributed by atoms with Crippen molar-refractivity contribution < 1.29 is 9.59 Å². The van der Waals surface area contributed by atoms with Crippen molar-refractivity contribution in [2.45, 2.75) is 32.1 Å². The van der Waals surface area contributed by atoms with Gasteiger partial charge in [0.25, 0.3) is 0 Å². The van der Waals surface area contributed by atoms with Crippen molar-refractivity contribution in [3.8, 4) is 6.07 Å². The predicted octanol–water partition coefficient (Wildman–Crippen LogP) is 0.308. The third-order valence-corrected chi connectivity index (χ3v) is 3.06. The topological polar surface area (TPSA) is 96.0 Å². The SMILES string of the molecule is N#CCNC(=O)[C@@H]1CCCCC[C@@H]1C(N)=O. The average molecular weight is 223 g/mol. The molecule has 1 fully saturated rings. The first-order valence-electron chi connectivity index (χ1n) is 5.60. The fraction of sp³-hybridized carbons (Fsp3) is 0.727. The van der Waals surface area contributed by atoms with Gasteiger partial charge in [-0.3, -0.25) is 9.59 Å². The number of nitrogens with two attached hydrogens (primary N) is 1. The molecular weight excluding hydrogens is 206 g/mol. The molecule has 1 aliphatic carbocycles. The molecule has 2 amide bonds. The van der Waals surface area contributed by atoms with Crippen LogP contribution >= 0.6 is 0 Å². The van der Waals surface area contributed by atoms with E-state index in [9.17, 15) is 9.59 Å². The Morgan fingerprint density at radius 1 is 1.25 bits per heavy atom. The fourth-order valence-electron chi connectivity index (χ4n) is 2.22. The number of hydrogen-bond acceptors (Lipinski definition) is 3. The Morgan fingerprint density at radius 3 is 2.44 bits per heavy atom. The van der Waals surface area contributed by atoms with Crippen LogP contribution < -0.4 is 11.1 Å². The second kappa shape index (κ2) is 6.11. The number of nitrogens with one attached hydrogen (secondary N) is 1. The first-order chi connectivity index (χ1) is 7.66. The third kappa shape index (κ3) is 3.23. The third-order valence-electron chi connectivity index (χ3n) is 3.06. The molecule has 0 saturated heterocycles. The summed E-state index contributed by atoms with van der Waals surface area (Å²) < 4.78 is 0. The van der Waals surface area contributed by atoms with E-state index in [1.165, 1.54) is 0 Å². The molecule has 0 aromatic heterocycles. The molecule has 1 saturated carbocycles. The zero-order valence-corrected chi connectivity index (χ0v) is 9.24. The molecule has 88 valence electrons. The molecule has 0 heterocycles. The van der Waals surface area contributed by atoms with Gasteiger partial charge in [0.2, 0.25) is 11.8 Å². The number of amides is 2. The molecule has 5 nitrogen and oxygen atoms in total. The monoisotopic (exact) mass is 223 g/mol. The number of hydrogen-bond donors (Lipinski definition) is 2. The zero-order valence-electron chi connectivity index (χ0n) is 9.24. The summed E-state index contributed by atoms with van der Waals surface area (Å²) in [5.41, 5.74) is 5.31. The Hall–Kier alpha value is -1.57. The summed E-state index contributed by atoms with van der Waals surface area (Å²) in [5, 5.41) is 10.9. The highest BCUT2D eigenvalue weighted by Gasteiger charge is 2.32. The van der Waals surface area contributed by atoms with Crippen LogP contribution in [0.1, 0.15) is 32.1 Å². The van der Waals surface area contributed by atoms with Gasteiger partial charge in [-0.1, -0.05) is 19.3 Å². The molecule has 0 spiro atoms. The van der Waals surface area contributed by atoms with Gasteiger partial charge >= 0.3 is 0 Å². The van der Waals surface area contributed by atoms with Crippen LogP contribution in [-0.4, -0.2) is 18.4 Å². The number of carbonyl (C=O) groups excluding carboxylic acids is 2. The van der Waals surface area contributed by atoms with E-state index in [4.69, 9.17) is 11.0 Å². The van der Waals surface area contributed by atoms with Crippen molar-refractivity contribution in [2.75, 3.05) is 6.54 Å². The standard InChI is InChI=1S/C11H17N3O2/c12-6-7-14-11(16)9-5-3-1-2-4-8(9)10(13)15/h8-9H,1-5,7H2,(H2,13,15)(H,14,16)/t8-,9+/m0/s1. The van der Waals surface area contributed by atoms with Gasteiger partial charge in [0.15, 0.2) is 0 Å². The molecule has 3 N–H and O–H groups in total. The van der Waals surface area contributed by atoms with Crippen LogP contribution in [0.2, 0.25) is 0 Å².